The van der Waals surface area contributed by atoms with Gasteiger partial charge in [0, 0.05) is 61.7 Å². The summed E-state index contributed by atoms with van der Waals surface area (Å²) in [4.78, 5) is 5.27. The van der Waals surface area contributed by atoms with Gasteiger partial charge in [0.1, 0.15) is 11.5 Å². The van der Waals surface area contributed by atoms with E-state index < -0.39 is 5.41 Å². The highest BCUT2D eigenvalue weighted by molar-refractivity contribution is 7.00. The quantitative estimate of drug-likeness (QED) is 0.141. The van der Waals surface area contributed by atoms with Crippen LogP contribution in [0, 0.1) is 0 Å². The molecule has 0 saturated carbocycles. The summed E-state index contributed by atoms with van der Waals surface area (Å²) in [6.45, 7) is -0.266. The molecule has 0 saturated heterocycles. The summed E-state index contributed by atoms with van der Waals surface area (Å²) in [6, 6.07) is 131. The third-order valence-corrected chi connectivity index (χ3v) is 20.7. The lowest BCUT2D eigenvalue weighted by Crippen LogP contribution is -2.61. The third kappa shape index (κ3) is 8.11. The van der Waals surface area contributed by atoms with Crippen molar-refractivity contribution in [3.8, 4) is 83.9 Å². The van der Waals surface area contributed by atoms with Gasteiger partial charge in [-0.3, -0.25) is 0 Å². The van der Waals surface area contributed by atoms with Crippen LogP contribution >= 0.6 is 0 Å². The molecule has 4 aliphatic rings. The van der Waals surface area contributed by atoms with Crippen LogP contribution in [-0.2, 0) is 5.41 Å². The average molecular weight is 1220 g/mol. The number of rotatable bonds is 8. The van der Waals surface area contributed by atoms with Crippen molar-refractivity contribution < 1.29 is 4.74 Å². The number of ether oxygens (including phenoxy) is 1. The molecule has 20 rings (SSSR count). The van der Waals surface area contributed by atoms with Crippen LogP contribution in [0.2, 0.25) is 0 Å². The minimum absolute atomic E-state index is 0.266. The van der Waals surface area contributed by atoms with Gasteiger partial charge in [0.05, 0.1) is 16.4 Å². The second-order valence-electron chi connectivity index (χ2n) is 25.9. The highest BCUT2D eigenvalue weighted by Crippen LogP contribution is 2.63. The van der Waals surface area contributed by atoms with Crippen molar-refractivity contribution in [1.29, 1.82) is 0 Å². The molecule has 1 aromatic heterocycles. The summed E-state index contributed by atoms with van der Waals surface area (Å²) in [5.74, 6) is 1.74. The van der Waals surface area contributed by atoms with Gasteiger partial charge in [-0.2, -0.15) is 0 Å². The maximum atomic E-state index is 6.99. The highest BCUT2D eigenvalue weighted by atomic mass is 16.5. The first kappa shape index (κ1) is 54.2. The van der Waals surface area contributed by atoms with E-state index in [1.165, 1.54) is 49.4 Å². The number of para-hydroxylation sites is 4. The minimum Gasteiger partial charge on any atom is -0.457 e. The van der Waals surface area contributed by atoms with Crippen LogP contribution < -0.4 is 30.9 Å². The summed E-state index contributed by atoms with van der Waals surface area (Å²) in [5, 5.41) is 2.45. The van der Waals surface area contributed by atoms with Crippen molar-refractivity contribution in [3.05, 3.63) is 374 Å². The van der Waals surface area contributed by atoms with Gasteiger partial charge in [0.15, 0.2) is 0 Å². The molecule has 0 bridgehead atoms. The van der Waals surface area contributed by atoms with Gasteiger partial charge in [-0.1, -0.05) is 261 Å². The average Bonchev–Trinajstić information content (AvgIpc) is 1.57. The lowest BCUT2D eigenvalue weighted by atomic mass is 9.33. The van der Waals surface area contributed by atoms with Crippen LogP contribution in [0.25, 0.3) is 94.3 Å². The van der Waals surface area contributed by atoms with Gasteiger partial charge in [-0.25, -0.2) is 0 Å². The van der Waals surface area contributed by atoms with Gasteiger partial charge in [-0.05, 0) is 185 Å². The van der Waals surface area contributed by atoms with Gasteiger partial charge in [0.2, 0.25) is 0 Å². The SMILES string of the molecule is c1ccc(-c2cc(-c3ccccc3)cc(N3c4cc(-n5c6ccccc6c6ccccc65)ccc4B4c5cc6c(cc5N(c5cc(-c7ccccc7)cc(-c7ccccc7)c5)c5cc(-c7ccccc7)cc3c54)-c3ccccc3C63c4ccccc4Oc4ccccc43)c2)cc1. The smallest absolute Gasteiger partial charge is 0.252 e. The number of hydrogen-bond donors (Lipinski definition) is 0. The van der Waals surface area contributed by atoms with Crippen molar-refractivity contribution in [3.63, 3.8) is 0 Å². The van der Waals surface area contributed by atoms with Crippen molar-refractivity contribution in [1.82, 2.24) is 4.57 Å². The van der Waals surface area contributed by atoms with Gasteiger partial charge in [0.25, 0.3) is 6.71 Å². The van der Waals surface area contributed by atoms with Gasteiger partial charge < -0.3 is 19.1 Å². The molecule has 15 aromatic carbocycles. The van der Waals surface area contributed by atoms with E-state index in [1.807, 2.05) is 0 Å². The number of anilines is 6. The number of aromatic nitrogens is 1. The van der Waals surface area contributed by atoms with E-state index in [0.717, 1.165) is 129 Å². The first-order chi connectivity index (χ1) is 47.6. The van der Waals surface area contributed by atoms with Crippen molar-refractivity contribution in [2.24, 2.45) is 0 Å². The van der Waals surface area contributed by atoms with E-state index in [4.69, 9.17) is 4.74 Å². The Morgan fingerprint density at radius 3 is 1.12 bits per heavy atom. The molecule has 4 nitrogen and oxygen atoms in total. The zero-order chi connectivity index (χ0) is 63.0. The predicted octanol–water partition coefficient (Wildman–Crippen LogP) is 21.7. The molecule has 0 fully saturated rings. The van der Waals surface area contributed by atoms with E-state index in [2.05, 4.69) is 366 Å². The molecule has 0 amide bonds. The zero-order valence-electron chi connectivity index (χ0n) is 52.3. The highest BCUT2D eigenvalue weighted by Gasteiger charge is 2.53. The molecule has 1 aliphatic carbocycles. The second-order valence-corrected chi connectivity index (χ2v) is 25.9. The molecule has 4 heterocycles. The zero-order valence-corrected chi connectivity index (χ0v) is 52.3. The standard InChI is InChI=1S/C91H58BN3O/c1-6-26-59(27-7-1)64-48-65(60-28-8-2-9-29-60)51-70(50-64)94-84-56-69(93-82-42-22-17-37-73(82)74-38-18-23-43-83(74)93)46-47-80(84)92-81-58-79-75(72-36-16-19-39-76(72)91(79)77-40-20-24-44-88(77)96-89-45-25-21-41-78(89)91)57-85(81)95(87-55-68(54-86(94)90(87)92)63-34-14-5-15-35-63)71-52-66(61-30-10-3-11-31-61)49-67(53-71)62-32-12-4-13-33-62/h1-58H. The van der Waals surface area contributed by atoms with Crippen LogP contribution in [-0.4, -0.2) is 11.3 Å². The summed E-state index contributed by atoms with van der Waals surface area (Å²) >= 11 is 0. The fourth-order valence-electron chi connectivity index (χ4n) is 16.7. The van der Waals surface area contributed by atoms with Crippen molar-refractivity contribution in [2.45, 2.75) is 5.41 Å². The largest absolute Gasteiger partial charge is 0.457 e. The molecule has 0 N–H and O–H groups in total. The number of hydrogen-bond acceptors (Lipinski definition) is 3. The Morgan fingerprint density at radius 1 is 0.250 bits per heavy atom. The fourth-order valence-corrected chi connectivity index (χ4v) is 16.7. The third-order valence-electron chi connectivity index (χ3n) is 20.7. The van der Waals surface area contributed by atoms with Crippen molar-refractivity contribution in [2.75, 3.05) is 9.80 Å². The summed E-state index contributed by atoms with van der Waals surface area (Å²) in [5.41, 5.74) is 31.6. The van der Waals surface area contributed by atoms with Gasteiger partial charge in [-0.15, -0.1) is 0 Å². The number of fused-ring (bicyclic) bond motifs is 16. The number of nitrogens with zero attached hydrogens (tertiary/aromatic N) is 3. The van der Waals surface area contributed by atoms with E-state index in [9.17, 15) is 0 Å². The molecular formula is C91H58BN3O. The molecule has 96 heavy (non-hydrogen) atoms. The lowest BCUT2D eigenvalue weighted by molar-refractivity contribution is 0.436. The molecule has 3 aliphatic heterocycles. The Bertz CT molecular complexity index is 5610. The topological polar surface area (TPSA) is 20.6 Å². The molecule has 0 radical (unpaired) electrons. The van der Waals surface area contributed by atoms with E-state index >= 15 is 0 Å². The molecule has 5 heteroatoms. The molecule has 16 aromatic rings. The second kappa shape index (κ2) is 21.3. The Hall–Kier alpha value is -12.4. The maximum absolute atomic E-state index is 6.99. The summed E-state index contributed by atoms with van der Waals surface area (Å²) < 4.78 is 9.47. The molecule has 0 unspecified atom stereocenters. The first-order valence-electron chi connectivity index (χ1n) is 33.2. The van der Waals surface area contributed by atoms with Crippen LogP contribution in [0.4, 0.5) is 34.1 Å². The molecule has 0 atom stereocenters. The van der Waals surface area contributed by atoms with Crippen LogP contribution in [0.3, 0.4) is 0 Å². The summed E-state index contributed by atoms with van der Waals surface area (Å²) in [6.07, 6.45) is 0. The van der Waals surface area contributed by atoms with Crippen LogP contribution in [0.5, 0.6) is 11.5 Å². The predicted molar refractivity (Wildman–Crippen MR) is 399 cm³/mol. The fraction of sp³-hybridized carbons (Fsp3) is 0.0110. The molecule has 446 valence electrons. The Balaban J connectivity index is 0.954. The molecular weight excluding hydrogens is 1160 g/mol. The monoisotopic (exact) mass is 1220 g/mol. The Labute approximate surface area is 558 Å². The van der Waals surface area contributed by atoms with Gasteiger partial charge >= 0.3 is 0 Å². The maximum Gasteiger partial charge on any atom is 0.252 e. The minimum atomic E-state index is -0.721. The Kier molecular flexibility index (Phi) is 12.0. The normalized spacial score (nSPS) is 13.3. The lowest BCUT2D eigenvalue weighted by Gasteiger charge is -2.45. The van der Waals surface area contributed by atoms with E-state index in [0.29, 0.717) is 0 Å². The summed E-state index contributed by atoms with van der Waals surface area (Å²) in [7, 11) is 0. The van der Waals surface area contributed by atoms with Crippen LogP contribution in [0.15, 0.2) is 352 Å². The number of benzene rings is 15. The Morgan fingerprint density at radius 2 is 0.646 bits per heavy atom. The van der Waals surface area contributed by atoms with E-state index in [1.54, 1.807) is 0 Å². The van der Waals surface area contributed by atoms with Crippen LogP contribution in [0.1, 0.15) is 22.3 Å². The van der Waals surface area contributed by atoms with Crippen molar-refractivity contribution >= 4 is 79.0 Å². The molecule has 1 spiro atoms. The first-order valence-corrected chi connectivity index (χ1v) is 33.2. The van der Waals surface area contributed by atoms with E-state index in [-0.39, 0.29) is 6.71 Å².